The molecular weight excluding hydrogens is 308 g/mol. The Balaban J connectivity index is 3.16. The summed E-state index contributed by atoms with van der Waals surface area (Å²) in [5, 5.41) is 9.88. The van der Waals surface area contributed by atoms with Crippen LogP contribution in [-0.4, -0.2) is 24.1 Å². The van der Waals surface area contributed by atoms with E-state index >= 15 is 0 Å². The number of primary amides is 1. The predicted octanol–water partition coefficient (Wildman–Crippen LogP) is 2.45. The Labute approximate surface area is 122 Å². The van der Waals surface area contributed by atoms with Gasteiger partial charge in [0.25, 0.3) is 0 Å². The van der Waals surface area contributed by atoms with E-state index < -0.39 is 6.10 Å². The van der Waals surface area contributed by atoms with Crippen molar-refractivity contribution >= 4 is 27.5 Å². The first kappa shape index (κ1) is 16.0. The monoisotopic (exact) mass is 328 g/mol. The number of amides is 1. The second kappa shape index (κ2) is 6.91. The van der Waals surface area contributed by atoms with E-state index in [9.17, 15) is 9.90 Å². The molecule has 0 aliphatic carbocycles. The highest BCUT2D eigenvalue weighted by Gasteiger charge is 2.17. The van der Waals surface area contributed by atoms with Crippen LogP contribution in [0.1, 0.15) is 32.4 Å². The summed E-state index contributed by atoms with van der Waals surface area (Å²) < 4.78 is 0.899. The number of carbonyl (C=O) groups excluding carboxylic acids is 1. The quantitative estimate of drug-likeness (QED) is 0.842. The van der Waals surface area contributed by atoms with E-state index in [4.69, 9.17) is 5.73 Å². The number of halogens is 1. The standard InChI is InChI=1S/C14H21BrN2O2/c1-9(2)7-17(8-14(16)19)13-5-4-11(15)6-12(13)10(3)18/h4-6,9-10,18H,7-8H2,1-3H3,(H2,16,19). The maximum absolute atomic E-state index is 11.2. The predicted molar refractivity (Wildman–Crippen MR) is 81.0 cm³/mol. The zero-order chi connectivity index (χ0) is 14.6. The molecular formula is C14H21BrN2O2. The minimum atomic E-state index is -0.602. The minimum absolute atomic E-state index is 0.152. The van der Waals surface area contributed by atoms with Gasteiger partial charge in [0.05, 0.1) is 12.6 Å². The van der Waals surface area contributed by atoms with Crippen molar-refractivity contribution in [2.24, 2.45) is 11.7 Å². The van der Waals surface area contributed by atoms with Crippen LogP contribution in [0.5, 0.6) is 0 Å². The van der Waals surface area contributed by atoms with E-state index in [-0.39, 0.29) is 12.5 Å². The topological polar surface area (TPSA) is 66.6 Å². The third-order valence-corrected chi connectivity index (χ3v) is 3.21. The van der Waals surface area contributed by atoms with Crippen LogP contribution < -0.4 is 10.6 Å². The third kappa shape index (κ3) is 4.84. The van der Waals surface area contributed by atoms with Crippen LogP contribution in [-0.2, 0) is 4.79 Å². The highest BCUT2D eigenvalue weighted by atomic mass is 79.9. The Hall–Kier alpha value is -1.07. The fourth-order valence-corrected chi connectivity index (χ4v) is 2.40. The highest BCUT2D eigenvalue weighted by Crippen LogP contribution is 2.30. The Morgan fingerprint density at radius 3 is 2.53 bits per heavy atom. The molecule has 0 bridgehead atoms. The van der Waals surface area contributed by atoms with Gasteiger partial charge in [-0.05, 0) is 31.0 Å². The first-order chi connectivity index (χ1) is 8.81. The van der Waals surface area contributed by atoms with Gasteiger partial charge in [-0.3, -0.25) is 4.79 Å². The Bertz CT molecular complexity index is 447. The fourth-order valence-electron chi connectivity index (χ4n) is 2.02. The Kier molecular flexibility index (Phi) is 5.82. The Morgan fingerprint density at radius 1 is 1.42 bits per heavy atom. The average molecular weight is 329 g/mol. The molecule has 19 heavy (non-hydrogen) atoms. The molecule has 1 amide bonds. The van der Waals surface area contributed by atoms with Crippen molar-refractivity contribution < 1.29 is 9.90 Å². The van der Waals surface area contributed by atoms with Gasteiger partial charge in [0, 0.05) is 22.3 Å². The van der Waals surface area contributed by atoms with Gasteiger partial charge in [-0.1, -0.05) is 29.8 Å². The first-order valence-corrected chi connectivity index (χ1v) is 7.11. The second-order valence-corrected chi connectivity index (χ2v) is 6.04. The van der Waals surface area contributed by atoms with Crippen LogP contribution in [0.2, 0.25) is 0 Å². The van der Waals surface area contributed by atoms with Crippen LogP contribution in [0.3, 0.4) is 0 Å². The summed E-state index contributed by atoms with van der Waals surface area (Å²) in [6.07, 6.45) is -0.602. The maximum Gasteiger partial charge on any atom is 0.236 e. The fraction of sp³-hybridized carbons (Fsp3) is 0.500. The van der Waals surface area contributed by atoms with Gasteiger partial charge in [-0.15, -0.1) is 0 Å². The molecule has 0 aromatic heterocycles. The molecule has 0 spiro atoms. The number of rotatable bonds is 6. The number of hydrogen-bond acceptors (Lipinski definition) is 3. The summed E-state index contributed by atoms with van der Waals surface area (Å²) in [5.74, 6) is 0.0185. The highest BCUT2D eigenvalue weighted by molar-refractivity contribution is 9.10. The lowest BCUT2D eigenvalue weighted by atomic mass is 10.1. The molecule has 1 rings (SSSR count). The molecule has 4 nitrogen and oxygen atoms in total. The summed E-state index contributed by atoms with van der Waals surface area (Å²) in [4.78, 5) is 13.1. The zero-order valence-corrected chi connectivity index (χ0v) is 13.1. The van der Waals surface area contributed by atoms with Crippen LogP contribution in [0, 0.1) is 5.92 Å². The van der Waals surface area contributed by atoms with E-state index in [0.717, 1.165) is 15.7 Å². The molecule has 0 saturated heterocycles. The molecule has 0 saturated carbocycles. The number of nitrogens with two attached hydrogens (primary N) is 1. The van der Waals surface area contributed by atoms with Gasteiger partial charge in [-0.2, -0.15) is 0 Å². The van der Waals surface area contributed by atoms with E-state index in [1.807, 2.05) is 23.1 Å². The normalized spacial score (nSPS) is 12.5. The first-order valence-electron chi connectivity index (χ1n) is 6.32. The second-order valence-electron chi connectivity index (χ2n) is 5.12. The largest absolute Gasteiger partial charge is 0.389 e. The van der Waals surface area contributed by atoms with Gasteiger partial charge in [0.1, 0.15) is 0 Å². The number of aliphatic hydroxyl groups is 1. The van der Waals surface area contributed by atoms with Crippen LogP contribution in [0.4, 0.5) is 5.69 Å². The zero-order valence-electron chi connectivity index (χ0n) is 11.6. The van der Waals surface area contributed by atoms with Crippen molar-refractivity contribution in [1.29, 1.82) is 0 Å². The molecule has 1 aromatic carbocycles. The van der Waals surface area contributed by atoms with Crippen molar-refractivity contribution in [3.05, 3.63) is 28.2 Å². The van der Waals surface area contributed by atoms with Crippen LogP contribution >= 0.6 is 15.9 Å². The molecule has 3 N–H and O–H groups in total. The molecule has 1 atom stereocenters. The van der Waals surface area contributed by atoms with Crippen molar-refractivity contribution in [3.8, 4) is 0 Å². The number of hydrogen-bond donors (Lipinski definition) is 2. The summed E-state index contributed by atoms with van der Waals surface area (Å²) >= 11 is 3.39. The van der Waals surface area contributed by atoms with E-state index in [1.54, 1.807) is 6.92 Å². The van der Waals surface area contributed by atoms with Crippen molar-refractivity contribution in [2.45, 2.75) is 26.9 Å². The molecule has 106 valence electrons. The lowest BCUT2D eigenvalue weighted by molar-refractivity contribution is -0.116. The molecule has 1 aromatic rings. The van der Waals surface area contributed by atoms with E-state index in [0.29, 0.717) is 12.5 Å². The molecule has 1 unspecified atom stereocenters. The molecule has 0 fully saturated rings. The molecule has 5 heteroatoms. The van der Waals surface area contributed by atoms with Gasteiger partial charge < -0.3 is 15.7 Å². The number of anilines is 1. The SMILES string of the molecule is CC(C)CN(CC(N)=O)c1ccc(Br)cc1C(C)O. The maximum atomic E-state index is 11.2. The van der Waals surface area contributed by atoms with Crippen molar-refractivity contribution in [1.82, 2.24) is 0 Å². The average Bonchev–Trinajstić information content (AvgIpc) is 2.26. The van der Waals surface area contributed by atoms with Gasteiger partial charge in [0.2, 0.25) is 5.91 Å². The molecule has 0 heterocycles. The molecule has 0 aliphatic heterocycles. The summed E-state index contributed by atoms with van der Waals surface area (Å²) in [6.45, 7) is 6.73. The minimum Gasteiger partial charge on any atom is -0.389 e. The van der Waals surface area contributed by atoms with Crippen LogP contribution in [0.15, 0.2) is 22.7 Å². The van der Waals surface area contributed by atoms with Crippen molar-refractivity contribution in [3.63, 3.8) is 0 Å². The summed E-state index contributed by atoms with van der Waals surface area (Å²) in [7, 11) is 0. The smallest absolute Gasteiger partial charge is 0.236 e. The Morgan fingerprint density at radius 2 is 2.05 bits per heavy atom. The summed E-state index contributed by atoms with van der Waals surface area (Å²) in [5.41, 5.74) is 6.95. The van der Waals surface area contributed by atoms with Gasteiger partial charge >= 0.3 is 0 Å². The van der Waals surface area contributed by atoms with Gasteiger partial charge in [0.15, 0.2) is 0 Å². The van der Waals surface area contributed by atoms with Crippen molar-refractivity contribution in [2.75, 3.05) is 18.0 Å². The number of nitrogens with zero attached hydrogens (tertiary/aromatic N) is 1. The number of aliphatic hydroxyl groups excluding tert-OH is 1. The third-order valence-electron chi connectivity index (χ3n) is 2.71. The van der Waals surface area contributed by atoms with E-state index in [2.05, 4.69) is 29.8 Å². The van der Waals surface area contributed by atoms with E-state index in [1.165, 1.54) is 0 Å². The summed E-state index contributed by atoms with van der Waals surface area (Å²) in [6, 6.07) is 5.67. The van der Waals surface area contributed by atoms with Gasteiger partial charge in [-0.25, -0.2) is 0 Å². The molecule has 0 aliphatic rings. The molecule has 0 radical (unpaired) electrons. The number of carbonyl (C=O) groups is 1. The van der Waals surface area contributed by atoms with Crippen LogP contribution in [0.25, 0.3) is 0 Å². The lowest BCUT2D eigenvalue weighted by Gasteiger charge is -2.28. The lowest BCUT2D eigenvalue weighted by Crippen LogP contribution is -2.37. The number of benzene rings is 1.